The van der Waals surface area contributed by atoms with Crippen LogP contribution in [0, 0.1) is 6.92 Å². The zero-order valence-electron chi connectivity index (χ0n) is 16.7. The Labute approximate surface area is 180 Å². The Hall–Kier alpha value is -1.80. The van der Waals surface area contributed by atoms with E-state index in [0.717, 1.165) is 30.4 Å². The number of rotatable bonds is 8. The average Bonchev–Trinajstić information content (AvgIpc) is 2.63. The molecular formula is C21H31IN4O. The van der Waals surface area contributed by atoms with Crippen LogP contribution in [0.2, 0.25) is 0 Å². The molecule has 0 fully saturated rings. The van der Waals surface area contributed by atoms with Crippen LogP contribution in [0.25, 0.3) is 0 Å². The molecule has 2 aromatic carbocycles. The molecule has 5 nitrogen and oxygen atoms in total. The van der Waals surface area contributed by atoms with Crippen LogP contribution < -0.4 is 15.4 Å². The maximum atomic E-state index is 5.79. The van der Waals surface area contributed by atoms with E-state index in [4.69, 9.17) is 4.74 Å². The second-order valence-electron chi connectivity index (χ2n) is 6.56. The van der Waals surface area contributed by atoms with Crippen LogP contribution in [0.4, 0.5) is 0 Å². The average molecular weight is 482 g/mol. The molecule has 0 unspecified atom stereocenters. The van der Waals surface area contributed by atoms with E-state index in [1.165, 1.54) is 11.1 Å². The van der Waals surface area contributed by atoms with Gasteiger partial charge in [-0.25, -0.2) is 0 Å². The lowest BCUT2D eigenvalue weighted by Crippen LogP contribution is -2.36. The summed E-state index contributed by atoms with van der Waals surface area (Å²) in [5, 5.41) is 6.68. The topological polar surface area (TPSA) is 48.9 Å². The fraction of sp³-hybridized carbons (Fsp3) is 0.381. The number of nitrogens with zero attached hydrogens (tertiary/aromatic N) is 2. The van der Waals surface area contributed by atoms with Gasteiger partial charge >= 0.3 is 0 Å². The van der Waals surface area contributed by atoms with E-state index in [9.17, 15) is 0 Å². The molecule has 0 saturated heterocycles. The van der Waals surface area contributed by atoms with Crippen LogP contribution in [-0.2, 0) is 13.1 Å². The SMILES string of the molecule is CN=C(NCc1ccc(C)cc1)NCc1cccc(OCCN(C)C)c1.I. The fourth-order valence-corrected chi connectivity index (χ4v) is 2.39. The number of hydrogen-bond acceptors (Lipinski definition) is 3. The van der Waals surface area contributed by atoms with Gasteiger partial charge in [0, 0.05) is 26.7 Å². The zero-order valence-corrected chi connectivity index (χ0v) is 19.0. The van der Waals surface area contributed by atoms with Crippen molar-refractivity contribution in [1.29, 1.82) is 0 Å². The summed E-state index contributed by atoms with van der Waals surface area (Å²) in [6, 6.07) is 16.7. The van der Waals surface area contributed by atoms with Crippen molar-refractivity contribution in [3.63, 3.8) is 0 Å². The number of nitrogens with one attached hydrogen (secondary N) is 2. The highest BCUT2D eigenvalue weighted by Gasteiger charge is 2.01. The first kappa shape index (κ1) is 23.2. The minimum absolute atomic E-state index is 0. The Kier molecular flexibility index (Phi) is 10.8. The highest BCUT2D eigenvalue weighted by atomic mass is 127. The third kappa shape index (κ3) is 9.10. The molecule has 2 rings (SSSR count). The van der Waals surface area contributed by atoms with Crippen molar-refractivity contribution in [3.8, 4) is 5.75 Å². The van der Waals surface area contributed by atoms with Gasteiger partial charge in [-0.15, -0.1) is 24.0 Å². The molecular weight excluding hydrogens is 451 g/mol. The second-order valence-corrected chi connectivity index (χ2v) is 6.56. The van der Waals surface area contributed by atoms with Gasteiger partial charge in [0.05, 0.1) is 0 Å². The van der Waals surface area contributed by atoms with Crippen molar-refractivity contribution >= 4 is 29.9 Å². The fourth-order valence-electron chi connectivity index (χ4n) is 2.39. The number of ether oxygens (including phenoxy) is 1. The van der Waals surface area contributed by atoms with Gasteiger partial charge in [-0.1, -0.05) is 42.0 Å². The summed E-state index contributed by atoms with van der Waals surface area (Å²) in [5.74, 6) is 1.68. The van der Waals surface area contributed by atoms with E-state index < -0.39 is 0 Å². The molecule has 6 heteroatoms. The number of likely N-dealkylation sites (N-methyl/N-ethyl adjacent to an activating group) is 1. The van der Waals surface area contributed by atoms with Gasteiger partial charge in [-0.2, -0.15) is 0 Å². The molecule has 0 aromatic heterocycles. The summed E-state index contributed by atoms with van der Waals surface area (Å²) in [4.78, 5) is 6.39. The minimum atomic E-state index is 0. The van der Waals surface area contributed by atoms with Crippen LogP contribution in [0.5, 0.6) is 5.75 Å². The van der Waals surface area contributed by atoms with Crippen LogP contribution in [0.3, 0.4) is 0 Å². The van der Waals surface area contributed by atoms with E-state index in [1.54, 1.807) is 7.05 Å². The minimum Gasteiger partial charge on any atom is -0.492 e. The van der Waals surface area contributed by atoms with E-state index in [-0.39, 0.29) is 24.0 Å². The maximum Gasteiger partial charge on any atom is 0.191 e. The van der Waals surface area contributed by atoms with Crippen molar-refractivity contribution in [2.75, 3.05) is 34.3 Å². The van der Waals surface area contributed by atoms with Gasteiger partial charge in [0.25, 0.3) is 0 Å². The summed E-state index contributed by atoms with van der Waals surface area (Å²) < 4.78 is 5.79. The Balaban J connectivity index is 0.00000364. The third-order valence-electron chi connectivity index (χ3n) is 3.97. The lowest BCUT2D eigenvalue weighted by atomic mass is 10.1. The van der Waals surface area contributed by atoms with E-state index in [1.807, 2.05) is 26.2 Å². The molecule has 0 bridgehead atoms. The van der Waals surface area contributed by atoms with Gasteiger partial charge in [0.1, 0.15) is 12.4 Å². The number of aliphatic imine (C=N–C) groups is 1. The largest absolute Gasteiger partial charge is 0.492 e. The first-order valence-corrected chi connectivity index (χ1v) is 8.93. The molecule has 148 valence electrons. The van der Waals surface area contributed by atoms with E-state index >= 15 is 0 Å². The normalized spacial score (nSPS) is 11.1. The number of halogens is 1. The van der Waals surface area contributed by atoms with Crippen molar-refractivity contribution in [2.24, 2.45) is 4.99 Å². The van der Waals surface area contributed by atoms with E-state index in [2.05, 4.69) is 63.8 Å². The Morgan fingerprint density at radius 3 is 2.30 bits per heavy atom. The lowest BCUT2D eigenvalue weighted by molar-refractivity contribution is 0.261. The molecule has 0 aliphatic carbocycles. The quantitative estimate of drug-likeness (QED) is 0.344. The summed E-state index contributed by atoms with van der Waals surface area (Å²) in [6.45, 7) is 5.11. The summed E-state index contributed by atoms with van der Waals surface area (Å²) in [6.07, 6.45) is 0. The molecule has 0 heterocycles. The predicted molar refractivity (Wildman–Crippen MR) is 124 cm³/mol. The first-order valence-electron chi connectivity index (χ1n) is 8.93. The molecule has 2 aromatic rings. The molecule has 0 radical (unpaired) electrons. The monoisotopic (exact) mass is 482 g/mol. The Morgan fingerprint density at radius 2 is 1.67 bits per heavy atom. The van der Waals surface area contributed by atoms with Crippen molar-refractivity contribution < 1.29 is 4.74 Å². The van der Waals surface area contributed by atoms with Crippen LogP contribution >= 0.6 is 24.0 Å². The van der Waals surface area contributed by atoms with Crippen molar-refractivity contribution in [1.82, 2.24) is 15.5 Å². The number of hydrogen-bond donors (Lipinski definition) is 2. The smallest absolute Gasteiger partial charge is 0.191 e. The number of benzene rings is 2. The number of aryl methyl sites for hydroxylation is 1. The van der Waals surface area contributed by atoms with Crippen molar-refractivity contribution in [2.45, 2.75) is 20.0 Å². The second kappa shape index (κ2) is 12.6. The molecule has 0 saturated carbocycles. The van der Waals surface area contributed by atoms with Gasteiger partial charge in [-0.05, 0) is 44.3 Å². The van der Waals surface area contributed by atoms with Gasteiger partial charge in [0.2, 0.25) is 0 Å². The van der Waals surface area contributed by atoms with Gasteiger partial charge in [0.15, 0.2) is 5.96 Å². The molecule has 27 heavy (non-hydrogen) atoms. The molecule has 0 spiro atoms. The standard InChI is InChI=1S/C21H30N4O.HI/c1-17-8-10-18(11-9-17)15-23-21(22-2)24-16-19-6-5-7-20(14-19)26-13-12-25(3)4;/h5-11,14H,12-13,15-16H2,1-4H3,(H2,22,23,24);1H. The molecule has 0 atom stereocenters. The van der Waals surface area contributed by atoms with Crippen LogP contribution in [0.1, 0.15) is 16.7 Å². The third-order valence-corrected chi connectivity index (χ3v) is 3.97. The van der Waals surface area contributed by atoms with Gasteiger partial charge < -0.3 is 20.3 Å². The van der Waals surface area contributed by atoms with Crippen molar-refractivity contribution in [3.05, 3.63) is 65.2 Å². The van der Waals surface area contributed by atoms with Crippen LogP contribution in [-0.4, -0.2) is 45.2 Å². The highest BCUT2D eigenvalue weighted by molar-refractivity contribution is 14.0. The Bertz CT molecular complexity index is 702. The molecule has 0 aliphatic rings. The molecule has 0 amide bonds. The van der Waals surface area contributed by atoms with E-state index in [0.29, 0.717) is 13.2 Å². The summed E-state index contributed by atoms with van der Waals surface area (Å²) in [7, 11) is 5.86. The molecule has 2 N–H and O–H groups in total. The lowest BCUT2D eigenvalue weighted by Gasteiger charge is -2.14. The van der Waals surface area contributed by atoms with Gasteiger partial charge in [-0.3, -0.25) is 4.99 Å². The molecule has 0 aliphatic heterocycles. The summed E-state index contributed by atoms with van der Waals surface area (Å²) >= 11 is 0. The van der Waals surface area contributed by atoms with Crippen LogP contribution in [0.15, 0.2) is 53.5 Å². The Morgan fingerprint density at radius 1 is 1.00 bits per heavy atom. The number of guanidine groups is 1. The summed E-state index contributed by atoms with van der Waals surface area (Å²) in [5.41, 5.74) is 3.66. The first-order chi connectivity index (χ1) is 12.6. The maximum absolute atomic E-state index is 5.79. The highest BCUT2D eigenvalue weighted by Crippen LogP contribution is 2.13. The zero-order chi connectivity index (χ0) is 18.8. The predicted octanol–water partition coefficient (Wildman–Crippen LogP) is 3.42.